The van der Waals surface area contributed by atoms with Crippen LogP contribution in [0, 0.1) is 0 Å². The summed E-state index contributed by atoms with van der Waals surface area (Å²) in [6.07, 6.45) is 1.08. The van der Waals surface area contributed by atoms with E-state index in [-0.39, 0.29) is 6.10 Å². The number of ether oxygens (including phenoxy) is 3. The standard InChI is InChI=1S/C15H24O3/c1-5-17-12(3)9-14-8-7-13(11-16-4)10-15(14)18-6-2/h7-8,10,12H,5-6,9,11H2,1-4H3. The van der Waals surface area contributed by atoms with Crippen molar-refractivity contribution in [1.29, 1.82) is 0 Å². The van der Waals surface area contributed by atoms with Crippen molar-refractivity contribution in [3.8, 4) is 5.75 Å². The van der Waals surface area contributed by atoms with Gasteiger partial charge in [0.2, 0.25) is 0 Å². The van der Waals surface area contributed by atoms with Crippen LogP contribution in [0.2, 0.25) is 0 Å². The third-order valence-corrected chi connectivity index (χ3v) is 2.70. The Morgan fingerprint density at radius 2 is 1.94 bits per heavy atom. The zero-order chi connectivity index (χ0) is 13.4. The highest BCUT2D eigenvalue weighted by molar-refractivity contribution is 5.38. The molecule has 0 aliphatic rings. The molecule has 0 bridgehead atoms. The van der Waals surface area contributed by atoms with E-state index in [9.17, 15) is 0 Å². The van der Waals surface area contributed by atoms with Crippen molar-refractivity contribution in [2.75, 3.05) is 20.3 Å². The summed E-state index contributed by atoms with van der Waals surface area (Å²) in [5.41, 5.74) is 2.33. The van der Waals surface area contributed by atoms with Gasteiger partial charge in [0.1, 0.15) is 5.75 Å². The molecule has 3 heteroatoms. The molecule has 0 radical (unpaired) electrons. The SMILES string of the molecule is CCOc1cc(COC)ccc1CC(C)OCC. The summed E-state index contributed by atoms with van der Waals surface area (Å²) in [6, 6.07) is 6.25. The summed E-state index contributed by atoms with van der Waals surface area (Å²) >= 11 is 0. The van der Waals surface area contributed by atoms with E-state index in [0.717, 1.165) is 24.3 Å². The monoisotopic (exact) mass is 252 g/mol. The van der Waals surface area contributed by atoms with E-state index in [2.05, 4.69) is 25.1 Å². The number of rotatable bonds is 8. The van der Waals surface area contributed by atoms with Crippen LogP contribution in [0.5, 0.6) is 5.75 Å². The Morgan fingerprint density at radius 1 is 1.17 bits per heavy atom. The van der Waals surface area contributed by atoms with E-state index < -0.39 is 0 Å². The van der Waals surface area contributed by atoms with Gasteiger partial charge in [-0.3, -0.25) is 0 Å². The van der Waals surface area contributed by atoms with Crippen LogP contribution in [-0.4, -0.2) is 26.4 Å². The fourth-order valence-electron chi connectivity index (χ4n) is 1.97. The largest absolute Gasteiger partial charge is 0.494 e. The average Bonchev–Trinajstić information content (AvgIpc) is 2.33. The molecule has 0 aromatic heterocycles. The van der Waals surface area contributed by atoms with Gasteiger partial charge in [0.15, 0.2) is 0 Å². The molecular weight excluding hydrogens is 228 g/mol. The Hall–Kier alpha value is -1.06. The van der Waals surface area contributed by atoms with Gasteiger partial charge in [0.05, 0.1) is 19.3 Å². The molecule has 0 saturated heterocycles. The van der Waals surface area contributed by atoms with Gasteiger partial charge in [0, 0.05) is 20.1 Å². The van der Waals surface area contributed by atoms with Gasteiger partial charge < -0.3 is 14.2 Å². The second-order valence-electron chi connectivity index (χ2n) is 4.28. The summed E-state index contributed by atoms with van der Waals surface area (Å²) < 4.78 is 16.4. The van der Waals surface area contributed by atoms with Gasteiger partial charge >= 0.3 is 0 Å². The molecule has 0 N–H and O–H groups in total. The summed E-state index contributed by atoms with van der Waals surface area (Å²) in [7, 11) is 1.70. The van der Waals surface area contributed by atoms with Gasteiger partial charge in [-0.05, 0) is 38.0 Å². The summed E-state index contributed by atoms with van der Waals surface area (Å²) in [6.45, 7) is 8.13. The Kier molecular flexibility index (Phi) is 6.76. The first-order valence-electron chi connectivity index (χ1n) is 6.56. The lowest BCUT2D eigenvalue weighted by Gasteiger charge is -2.16. The highest BCUT2D eigenvalue weighted by Crippen LogP contribution is 2.23. The van der Waals surface area contributed by atoms with E-state index in [4.69, 9.17) is 14.2 Å². The minimum Gasteiger partial charge on any atom is -0.494 e. The van der Waals surface area contributed by atoms with Crippen molar-refractivity contribution in [3.05, 3.63) is 29.3 Å². The topological polar surface area (TPSA) is 27.7 Å². The smallest absolute Gasteiger partial charge is 0.122 e. The molecular formula is C15H24O3. The van der Waals surface area contributed by atoms with Gasteiger partial charge in [-0.25, -0.2) is 0 Å². The maximum Gasteiger partial charge on any atom is 0.122 e. The number of hydrogen-bond acceptors (Lipinski definition) is 3. The summed E-state index contributed by atoms with van der Waals surface area (Å²) in [5, 5.41) is 0. The van der Waals surface area contributed by atoms with Crippen molar-refractivity contribution in [2.45, 2.75) is 39.9 Å². The third kappa shape index (κ3) is 4.67. The van der Waals surface area contributed by atoms with Crippen molar-refractivity contribution >= 4 is 0 Å². The molecule has 0 saturated carbocycles. The van der Waals surface area contributed by atoms with Crippen LogP contribution in [0.15, 0.2) is 18.2 Å². The van der Waals surface area contributed by atoms with Crippen LogP contribution in [0.25, 0.3) is 0 Å². The molecule has 1 aromatic carbocycles. The predicted molar refractivity (Wildman–Crippen MR) is 73.1 cm³/mol. The lowest BCUT2D eigenvalue weighted by molar-refractivity contribution is 0.0762. The molecule has 0 amide bonds. The fourth-order valence-corrected chi connectivity index (χ4v) is 1.97. The molecule has 18 heavy (non-hydrogen) atoms. The quantitative estimate of drug-likeness (QED) is 0.711. The van der Waals surface area contributed by atoms with Crippen LogP contribution >= 0.6 is 0 Å². The highest BCUT2D eigenvalue weighted by atomic mass is 16.5. The minimum absolute atomic E-state index is 0.211. The lowest BCUT2D eigenvalue weighted by atomic mass is 10.0. The van der Waals surface area contributed by atoms with Crippen molar-refractivity contribution in [3.63, 3.8) is 0 Å². The molecule has 1 aromatic rings. The summed E-state index contributed by atoms with van der Waals surface area (Å²) in [5.74, 6) is 0.943. The van der Waals surface area contributed by atoms with Gasteiger partial charge in [-0.1, -0.05) is 12.1 Å². The Balaban J connectivity index is 2.81. The zero-order valence-corrected chi connectivity index (χ0v) is 11.9. The maximum absolute atomic E-state index is 5.69. The van der Waals surface area contributed by atoms with Gasteiger partial charge in [-0.15, -0.1) is 0 Å². The van der Waals surface area contributed by atoms with Crippen molar-refractivity contribution < 1.29 is 14.2 Å². The van der Waals surface area contributed by atoms with Crippen LogP contribution in [0.1, 0.15) is 31.9 Å². The number of hydrogen-bond donors (Lipinski definition) is 0. The number of methoxy groups -OCH3 is 1. The average molecular weight is 252 g/mol. The van der Waals surface area contributed by atoms with Crippen molar-refractivity contribution in [2.24, 2.45) is 0 Å². The molecule has 3 nitrogen and oxygen atoms in total. The first-order valence-corrected chi connectivity index (χ1v) is 6.56. The molecule has 1 rings (SSSR count). The van der Waals surface area contributed by atoms with E-state index in [1.807, 2.05) is 13.8 Å². The molecule has 1 unspecified atom stereocenters. The fraction of sp³-hybridized carbons (Fsp3) is 0.600. The maximum atomic E-state index is 5.69. The Bertz CT molecular complexity index is 350. The number of benzene rings is 1. The van der Waals surface area contributed by atoms with E-state index >= 15 is 0 Å². The molecule has 102 valence electrons. The van der Waals surface area contributed by atoms with Gasteiger partial charge in [0.25, 0.3) is 0 Å². The normalized spacial score (nSPS) is 12.4. The molecule has 0 spiro atoms. The van der Waals surface area contributed by atoms with Gasteiger partial charge in [-0.2, -0.15) is 0 Å². The first kappa shape index (κ1) is 15.0. The Labute approximate surface area is 110 Å². The zero-order valence-electron chi connectivity index (χ0n) is 11.9. The van der Waals surface area contributed by atoms with E-state index in [1.54, 1.807) is 7.11 Å². The second kappa shape index (κ2) is 8.11. The first-order chi connectivity index (χ1) is 8.71. The molecule has 1 atom stereocenters. The van der Waals surface area contributed by atoms with E-state index in [1.165, 1.54) is 5.56 Å². The summed E-state index contributed by atoms with van der Waals surface area (Å²) in [4.78, 5) is 0. The third-order valence-electron chi connectivity index (χ3n) is 2.70. The van der Waals surface area contributed by atoms with Crippen LogP contribution in [0.4, 0.5) is 0 Å². The van der Waals surface area contributed by atoms with Crippen LogP contribution in [0.3, 0.4) is 0 Å². The van der Waals surface area contributed by atoms with Crippen LogP contribution in [-0.2, 0) is 22.5 Å². The van der Waals surface area contributed by atoms with Crippen LogP contribution < -0.4 is 4.74 Å². The van der Waals surface area contributed by atoms with E-state index in [0.29, 0.717) is 13.2 Å². The second-order valence-corrected chi connectivity index (χ2v) is 4.28. The molecule has 0 aliphatic carbocycles. The predicted octanol–water partition coefficient (Wildman–Crippen LogP) is 3.20. The molecule has 0 aliphatic heterocycles. The minimum atomic E-state index is 0.211. The Morgan fingerprint density at radius 3 is 2.56 bits per heavy atom. The molecule has 0 heterocycles. The molecule has 0 fully saturated rings. The van der Waals surface area contributed by atoms with Crippen molar-refractivity contribution in [1.82, 2.24) is 0 Å². The highest BCUT2D eigenvalue weighted by Gasteiger charge is 2.09. The lowest BCUT2D eigenvalue weighted by Crippen LogP contribution is -2.12.